The van der Waals surface area contributed by atoms with E-state index in [1.54, 1.807) is 27.9 Å². The molecule has 1 aromatic carbocycles. The Balaban J connectivity index is 2.22. The highest BCUT2D eigenvalue weighted by atomic mass is 32.2. The van der Waals surface area contributed by atoms with Crippen molar-refractivity contribution in [3.63, 3.8) is 0 Å². The van der Waals surface area contributed by atoms with Crippen LogP contribution < -0.4 is 4.74 Å². The summed E-state index contributed by atoms with van der Waals surface area (Å²) >= 11 is 1.45. The third-order valence-corrected chi connectivity index (χ3v) is 4.98. The summed E-state index contributed by atoms with van der Waals surface area (Å²) in [5.41, 5.74) is 2.20. The molecule has 134 valence electrons. The van der Waals surface area contributed by atoms with Crippen molar-refractivity contribution in [2.45, 2.75) is 37.8 Å². The first-order valence-corrected chi connectivity index (χ1v) is 8.98. The first-order valence-electron chi connectivity index (χ1n) is 8.10. The molecule has 0 unspecified atom stereocenters. The number of Topliss-reactive ketones (excluding diaryl/α,β-unsaturated/α-hetero) is 1. The van der Waals surface area contributed by atoms with E-state index in [0.29, 0.717) is 29.1 Å². The van der Waals surface area contributed by atoms with Gasteiger partial charge in [-0.05, 0) is 51.5 Å². The normalized spacial score (nSPS) is 11.9. The van der Waals surface area contributed by atoms with E-state index < -0.39 is 5.97 Å². The molecule has 0 fully saturated rings. The summed E-state index contributed by atoms with van der Waals surface area (Å²) in [6.45, 7) is 7.45. The summed E-state index contributed by atoms with van der Waals surface area (Å²) < 4.78 is 10.3. The molecule has 0 aliphatic heterocycles. The number of thioether (sulfide) groups is 1. The Hall–Kier alpha value is -2.21. The number of benzene rings is 1. The van der Waals surface area contributed by atoms with Crippen LogP contribution in [0.15, 0.2) is 29.2 Å². The van der Waals surface area contributed by atoms with Crippen LogP contribution in [0.1, 0.15) is 46.0 Å². The van der Waals surface area contributed by atoms with Gasteiger partial charge in [0.1, 0.15) is 5.75 Å². The summed E-state index contributed by atoms with van der Waals surface area (Å²) in [5, 5.41) is -0.307. The fourth-order valence-electron chi connectivity index (χ4n) is 2.64. The maximum atomic E-state index is 12.8. The summed E-state index contributed by atoms with van der Waals surface area (Å²) in [7, 11) is 1.61. The van der Waals surface area contributed by atoms with Gasteiger partial charge in [-0.15, -0.1) is 11.8 Å². The molecular weight excluding hydrogens is 338 g/mol. The predicted molar refractivity (Wildman–Crippen MR) is 98.9 cm³/mol. The lowest BCUT2D eigenvalue weighted by atomic mass is 10.1. The lowest BCUT2D eigenvalue weighted by Gasteiger charge is -2.11. The second kappa shape index (κ2) is 8.25. The smallest absolute Gasteiger partial charge is 0.340 e. The summed E-state index contributed by atoms with van der Waals surface area (Å²) in [4.78, 5) is 28.9. The second-order valence-corrected chi connectivity index (χ2v) is 7.06. The quantitative estimate of drug-likeness (QED) is 0.455. The van der Waals surface area contributed by atoms with Gasteiger partial charge in [0.25, 0.3) is 0 Å². The van der Waals surface area contributed by atoms with Gasteiger partial charge in [0, 0.05) is 10.6 Å². The van der Waals surface area contributed by atoms with Gasteiger partial charge in [0.15, 0.2) is 5.78 Å². The highest BCUT2D eigenvalue weighted by Crippen LogP contribution is 2.30. The van der Waals surface area contributed by atoms with Crippen molar-refractivity contribution in [3.8, 4) is 5.75 Å². The topological polar surface area (TPSA) is 68.4 Å². The van der Waals surface area contributed by atoms with Crippen molar-refractivity contribution < 1.29 is 19.1 Å². The number of aromatic amines is 1. The number of aromatic nitrogens is 1. The molecule has 0 bridgehead atoms. The minimum atomic E-state index is -0.402. The second-order valence-electron chi connectivity index (χ2n) is 5.65. The monoisotopic (exact) mass is 361 g/mol. The maximum Gasteiger partial charge on any atom is 0.340 e. The van der Waals surface area contributed by atoms with Crippen LogP contribution >= 0.6 is 11.8 Å². The lowest BCUT2D eigenvalue weighted by molar-refractivity contribution is 0.0525. The number of carbonyl (C=O) groups excluding carboxylic acids is 2. The third-order valence-electron chi connectivity index (χ3n) is 3.89. The number of hydrogen-bond acceptors (Lipinski definition) is 5. The first kappa shape index (κ1) is 19.1. The fourth-order valence-corrected chi connectivity index (χ4v) is 3.62. The molecular formula is C19H23NO4S. The van der Waals surface area contributed by atoms with E-state index in [1.165, 1.54) is 11.8 Å². The van der Waals surface area contributed by atoms with Gasteiger partial charge in [0.05, 0.1) is 30.2 Å². The van der Waals surface area contributed by atoms with Gasteiger partial charge in [-0.3, -0.25) is 4.79 Å². The van der Waals surface area contributed by atoms with Crippen molar-refractivity contribution >= 4 is 23.5 Å². The average Bonchev–Trinajstić information content (AvgIpc) is 2.89. The molecule has 0 amide bonds. The van der Waals surface area contributed by atoms with Crippen LogP contribution in [0.5, 0.6) is 5.75 Å². The Morgan fingerprint density at radius 1 is 1.28 bits per heavy atom. The van der Waals surface area contributed by atoms with Gasteiger partial charge in [-0.2, -0.15) is 0 Å². The molecule has 0 aliphatic rings. The number of ketones is 1. The van der Waals surface area contributed by atoms with Gasteiger partial charge < -0.3 is 14.5 Å². The molecule has 5 nitrogen and oxygen atoms in total. The predicted octanol–water partition coefficient (Wildman–Crippen LogP) is 4.18. The number of hydrogen-bond donors (Lipinski definition) is 1. The molecule has 1 atom stereocenters. The Kier molecular flexibility index (Phi) is 6.31. The van der Waals surface area contributed by atoms with E-state index >= 15 is 0 Å². The minimum absolute atomic E-state index is 0.0519. The number of aryl methyl sites for hydroxylation is 1. The van der Waals surface area contributed by atoms with Crippen LogP contribution in [0.2, 0.25) is 0 Å². The number of nitrogens with one attached hydrogen (secondary N) is 1. The molecule has 0 saturated carbocycles. The Morgan fingerprint density at radius 2 is 2.00 bits per heavy atom. The van der Waals surface area contributed by atoms with Crippen LogP contribution in [-0.4, -0.2) is 35.7 Å². The molecule has 0 aliphatic carbocycles. The lowest BCUT2D eigenvalue weighted by Crippen LogP contribution is -2.15. The Labute approximate surface area is 152 Å². The zero-order valence-corrected chi connectivity index (χ0v) is 16.0. The van der Waals surface area contributed by atoms with Crippen molar-refractivity contribution in [2.75, 3.05) is 13.7 Å². The molecule has 6 heteroatoms. The van der Waals surface area contributed by atoms with Crippen molar-refractivity contribution in [2.24, 2.45) is 0 Å². The molecule has 1 heterocycles. The minimum Gasteiger partial charge on any atom is -0.497 e. The van der Waals surface area contributed by atoms with Gasteiger partial charge >= 0.3 is 5.97 Å². The standard InChI is InChI=1S/C19H23NO4S/c1-6-24-19(22)16-11(2)17(20-12(16)3)18(21)13(4)25-15-9-7-8-14(10-15)23-5/h7-10,13,20H,6H2,1-5H3/t13-/m1/s1. The summed E-state index contributed by atoms with van der Waals surface area (Å²) in [6, 6.07) is 7.58. The fraction of sp³-hybridized carbons (Fsp3) is 0.368. The zero-order valence-electron chi connectivity index (χ0n) is 15.1. The van der Waals surface area contributed by atoms with E-state index in [4.69, 9.17) is 9.47 Å². The van der Waals surface area contributed by atoms with E-state index in [0.717, 1.165) is 10.6 Å². The van der Waals surface area contributed by atoms with E-state index in [9.17, 15) is 9.59 Å². The molecule has 2 aromatic rings. The number of H-pyrrole nitrogens is 1. The molecule has 2 rings (SSSR count). The van der Waals surface area contributed by atoms with Crippen LogP contribution in [-0.2, 0) is 4.74 Å². The molecule has 0 radical (unpaired) electrons. The van der Waals surface area contributed by atoms with E-state index in [1.807, 2.05) is 31.2 Å². The molecule has 0 spiro atoms. The van der Waals surface area contributed by atoms with Crippen LogP contribution in [0.4, 0.5) is 0 Å². The number of methoxy groups -OCH3 is 1. The number of ether oxygens (including phenoxy) is 2. The summed E-state index contributed by atoms with van der Waals surface area (Å²) in [5.74, 6) is 0.297. The van der Waals surface area contributed by atoms with Crippen LogP contribution in [0.25, 0.3) is 0 Å². The largest absolute Gasteiger partial charge is 0.497 e. The van der Waals surface area contributed by atoms with Crippen molar-refractivity contribution in [3.05, 3.63) is 46.8 Å². The van der Waals surface area contributed by atoms with Gasteiger partial charge in [-0.1, -0.05) is 6.07 Å². The van der Waals surface area contributed by atoms with Crippen LogP contribution in [0, 0.1) is 13.8 Å². The Bertz CT molecular complexity index is 782. The molecule has 1 N–H and O–H groups in total. The highest BCUT2D eigenvalue weighted by molar-refractivity contribution is 8.00. The zero-order chi connectivity index (χ0) is 18.6. The highest BCUT2D eigenvalue weighted by Gasteiger charge is 2.26. The summed E-state index contributed by atoms with van der Waals surface area (Å²) in [6.07, 6.45) is 0. The average molecular weight is 361 g/mol. The first-order chi connectivity index (χ1) is 11.9. The number of carbonyl (C=O) groups is 2. The number of rotatable bonds is 7. The van der Waals surface area contributed by atoms with E-state index in [2.05, 4.69) is 4.98 Å². The van der Waals surface area contributed by atoms with Crippen molar-refractivity contribution in [1.82, 2.24) is 4.98 Å². The van der Waals surface area contributed by atoms with Gasteiger partial charge in [-0.25, -0.2) is 4.79 Å². The SMILES string of the molecule is CCOC(=O)c1c(C)[nH]c(C(=O)[C@@H](C)Sc2cccc(OC)c2)c1C. The van der Waals surface area contributed by atoms with Crippen LogP contribution in [0.3, 0.4) is 0 Å². The third kappa shape index (κ3) is 4.25. The molecule has 1 aromatic heterocycles. The van der Waals surface area contributed by atoms with Gasteiger partial charge in [0.2, 0.25) is 0 Å². The molecule has 25 heavy (non-hydrogen) atoms. The number of esters is 1. The maximum absolute atomic E-state index is 12.8. The van der Waals surface area contributed by atoms with Crippen molar-refractivity contribution in [1.29, 1.82) is 0 Å². The Morgan fingerprint density at radius 3 is 2.64 bits per heavy atom. The van der Waals surface area contributed by atoms with E-state index in [-0.39, 0.29) is 11.0 Å². The molecule has 0 saturated heterocycles.